The molecule has 0 spiro atoms. The van der Waals surface area contributed by atoms with E-state index in [2.05, 4.69) is 22.1 Å². The molecule has 3 rings (SSSR count). The Kier molecular flexibility index (Phi) is 7.29. The summed E-state index contributed by atoms with van der Waals surface area (Å²) in [6, 6.07) is 8.02. The third kappa shape index (κ3) is 5.05. The molecule has 0 aliphatic carbocycles. The number of esters is 1. The predicted octanol–water partition coefficient (Wildman–Crippen LogP) is 4.64. The van der Waals surface area contributed by atoms with E-state index in [0.29, 0.717) is 22.3 Å². The number of nitrogens with zero attached hydrogens (tertiary/aromatic N) is 3. The zero-order valence-corrected chi connectivity index (χ0v) is 19.5. The molecule has 7 nitrogen and oxygen atoms in total. The number of carbonyl (C=O) groups excluding carboxylic acids is 2. The Morgan fingerprint density at radius 3 is 2.74 bits per heavy atom. The van der Waals surface area contributed by atoms with E-state index in [9.17, 15) is 9.59 Å². The average molecular weight is 457 g/mol. The fourth-order valence-corrected chi connectivity index (χ4v) is 4.86. The highest BCUT2D eigenvalue weighted by molar-refractivity contribution is 7.99. The molecule has 9 heteroatoms. The molecule has 1 N–H and O–H groups in total. The van der Waals surface area contributed by atoms with Crippen LogP contribution in [0, 0.1) is 20.8 Å². The summed E-state index contributed by atoms with van der Waals surface area (Å²) >= 11 is 2.64. The summed E-state index contributed by atoms with van der Waals surface area (Å²) in [5.41, 5.74) is 3.30. The SMILES string of the molecule is C=CCn1c(SCC(=O)Nc2sc(C)c(C)c2C(=O)OC)nnc1-c1cccc(C)c1. The van der Waals surface area contributed by atoms with Crippen molar-refractivity contribution in [2.75, 3.05) is 18.2 Å². The minimum atomic E-state index is -0.460. The molecule has 2 aromatic heterocycles. The van der Waals surface area contributed by atoms with Crippen molar-refractivity contribution in [2.45, 2.75) is 32.5 Å². The Bertz CT molecular complexity index is 1130. The molecule has 0 aliphatic rings. The minimum absolute atomic E-state index is 0.125. The van der Waals surface area contributed by atoms with Gasteiger partial charge in [0, 0.05) is 17.0 Å². The first-order valence-electron chi connectivity index (χ1n) is 9.57. The van der Waals surface area contributed by atoms with Gasteiger partial charge in [0.05, 0.1) is 18.4 Å². The van der Waals surface area contributed by atoms with Gasteiger partial charge in [0.2, 0.25) is 5.91 Å². The Labute approximate surface area is 189 Å². The summed E-state index contributed by atoms with van der Waals surface area (Å²) in [5, 5.41) is 12.6. The summed E-state index contributed by atoms with van der Waals surface area (Å²) in [6.45, 7) is 10.1. The lowest BCUT2D eigenvalue weighted by atomic mass is 10.1. The number of thiophene rings is 1. The number of aryl methyl sites for hydroxylation is 2. The lowest BCUT2D eigenvalue weighted by Gasteiger charge is -2.09. The maximum atomic E-state index is 12.6. The molecule has 0 unspecified atom stereocenters. The second kappa shape index (κ2) is 9.93. The summed E-state index contributed by atoms with van der Waals surface area (Å²) in [6.07, 6.45) is 1.77. The van der Waals surface area contributed by atoms with Crippen molar-refractivity contribution >= 4 is 40.0 Å². The third-order valence-electron chi connectivity index (χ3n) is 4.66. The number of ether oxygens (including phenoxy) is 1. The number of hydrogen-bond donors (Lipinski definition) is 1. The molecule has 162 valence electrons. The van der Waals surface area contributed by atoms with Crippen molar-refractivity contribution in [2.24, 2.45) is 0 Å². The molecule has 2 heterocycles. The molecule has 1 amide bonds. The summed E-state index contributed by atoms with van der Waals surface area (Å²) in [4.78, 5) is 25.7. The van der Waals surface area contributed by atoms with Crippen LogP contribution in [0.2, 0.25) is 0 Å². The average Bonchev–Trinajstić information content (AvgIpc) is 3.26. The molecule has 31 heavy (non-hydrogen) atoms. The lowest BCUT2D eigenvalue weighted by molar-refractivity contribution is -0.113. The molecular weight excluding hydrogens is 432 g/mol. The zero-order valence-electron chi connectivity index (χ0n) is 17.9. The van der Waals surface area contributed by atoms with E-state index in [4.69, 9.17) is 4.74 Å². The molecule has 0 atom stereocenters. The molecular formula is C22H24N4O3S2. The van der Waals surface area contributed by atoms with Gasteiger partial charge < -0.3 is 10.1 Å². The number of benzene rings is 1. The Hall–Kier alpha value is -2.91. The van der Waals surface area contributed by atoms with Gasteiger partial charge in [-0.05, 0) is 32.4 Å². The molecule has 0 fully saturated rings. The van der Waals surface area contributed by atoms with Crippen molar-refractivity contribution in [3.05, 3.63) is 58.5 Å². The summed E-state index contributed by atoms with van der Waals surface area (Å²) < 4.78 is 6.79. The molecule has 0 aliphatic heterocycles. The number of thioether (sulfide) groups is 1. The van der Waals surface area contributed by atoms with Gasteiger partial charge in [0.15, 0.2) is 11.0 Å². The molecule has 0 bridgehead atoms. The van der Waals surface area contributed by atoms with Gasteiger partial charge in [-0.3, -0.25) is 9.36 Å². The molecule has 0 radical (unpaired) electrons. The van der Waals surface area contributed by atoms with Crippen LogP contribution in [0.5, 0.6) is 0 Å². The van der Waals surface area contributed by atoms with Crippen molar-refractivity contribution in [1.29, 1.82) is 0 Å². The molecule has 0 saturated heterocycles. The molecule has 0 saturated carbocycles. The second-order valence-corrected chi connectivity index (χ2v) is 9.06. The van der Waals surface area contributed by atoms with Gasteiger partial charge in [-0.15, -0.1) is 28.1 Å². The zero-order chi connectivity index (χ0) is 22.5. The van der Waals surface area contributed by atoms with E-state index >= 15 is 0 Å². The van der Waals surface area contributed by atoms with E-state index in [1.165, 1.54) is 30.2 Å². The van der Waals surface area contributed by atoms with Crippen LogP contribution in [0.15, 0.2) is 42.1 Å². The fourth-order valence-electron chi connectivity index (χ4n) is 3.04. The number of allylic oxidation sites excluding steroid dienone is 1. The standard InChI is InChI=1S/C22H24N4O3S2/c1-6-10-26-19(16-9-7-8-13(2)11-16)24-25-22(26)30-12-17(27)23-20-18(21(28)29-5)14(3)15(4)31-20/h6-9,11H,1,10,12H2,2-5H3,(H,23,27). The van der Waals surface area contributed by atoms with E-state index in [1.54, 1.807) is 6.08 Å². The normalized spacial score (nSPS) is 10.7. The summed E-state index contributed by atoms with van der Waals surface area (Å²) in [7, 11) is 1.33. The van der Waals surface area contributed by atoms with Crippen LogP contribution in [0.4, 0.5) is 5.00 Å². The maximum absolute atomic E-state index is 12.6. The van der Waals surface area contributed by atoms with Crippen molar-refractivity contribution < 1.29 is 14.3 Å². The van der Waals surface area contributed by atoms with Gasteiger partial charge in [-0.1, -0.05) is 41.6 Å². The van der Waals surface area contributed by atoms with Gasteiger partial charge in [0.1, 0.15) is 5.00 Å². The quantitative estimate of drug-likeness (QED) is 0.302. The largest absolute Gasteiger partial charge is 0.465 e. The number of amides is 1. The van der Waals surface area contributed by atoms with Gasteiger partial charge >= 0.3 is 5.97 Å². The van der Waals surface area contributed by atoms with Gasteiger partial charge in [-0.25, -0.2) is 4.79 Å². The highest BCUT2D eigenvalue weighted by Gasteiger charge is 2.22. The number of nitrogens with one attached hydrogen (secondary N) is 1. The second-order valence-electron chi connectivity index (χ2n) is 6.89. The number of aromatic nitrogens is 3. The predicted molar refractivity (Wildman–Crippen MR) is 125 cm³/mol. The van der Waals surface area contributed by atoms with Crippen molar-refractivity contribution in [1.82, 2.24) is 14.8 Å². The van der Waals surface area contributed by atoms with Crippen LogP contribution in [0.3, 0.4) is 0 Å². The molecule has 1 aromatic carbocycles. The van der Waals surface area contributed by atoms with Crippen LogP contribution in [-0.2, 0) is 16.1 Å². The third-order valence-corrected chi connectivity index (χ3v) is 6.75. The first-order valence-corrected chi connectivity index (χ1v) is 11.4. The molecule has 3 aromatic rings. The smallest absolute Gasteiger partial charge is 0.341 e. The number of anilines is 1. The lowest BCUT2D eigenvalue weighted by Crippen LogP contribution is -2.16. The highest BCUT2D eigenvalue weighted by Crippen LogP contribution is 2.33. The van der Waals surface area contributed by atoms with Crippen LogP contribution in [0.25, 0.3) is 11.4 Å². The summed E-state index contributed by atoms with van der Waals surface area (Å²) in [5.74, 6) is 0.156. The first kappa shape index (κ1) is 22.8. The minimum Gasteiger partial charge on any atom is -0.465 e. The van der Waals surface area contributed by atoms with E-state index in [1.807, 2.05) is 49.6 Å². The maximum Gasteiger partial charge on any atom is 0.341 e. The van der Waals surface area contributed by atoms with Gasteiger partial charge in [0.25, 0.3) is 0 Å². The van der Waals surface area contributed by atoms with Crippen LogP contribution >= 0.6 is 23.1 Å². The topological polar surface area (TPSA) is 86.1 Å². The number of rotatable bonds is 8. The number of methoxy groups -OCH3 is 1. The highest BCUT2D eigenvalue weighted by atomic mass is 32.2. The van der Waals surface area contributed by atoms with Crippen molar-refractivity contribution in [3.63, 3.8) is 0 Å². The van der Waals surface area contributed by atoms with Crippen LogP contribution in [-0.4, -0.2) is 39.5 Å². The van der Waals surface area contributed by atoms with E-state index in [0.717, 1.165) is 27.4 Å². The Morgan fingerprint density at radius 2 is 2.06 bits per heavy atom. The van der Waals surface area contributed by atoms with E-state index < -0.39 is 5.97 Å². The Balaban J connectivity index is 1.76. The van der Waals surface area contributed by atoms with Crippen molar-refractivity contribution in [3.8, 4) is 11.4 Å². The van der Waals surface area contributed by atoms with Gasteiger partial charge in [-0.2, -0.15) is 0 Å². The number of carbonyl (C=O) groups is 2. The van der Waals surface area contributed by atoms with Crippen LogP contribution in [0.1, 0.15) is 26.4 Å². The Morgan fingerprint density at radius 1 is 1.29 bits per heavy atom. The number of hydrogen-bond acceptors (Lipinski definition) is 7. The first-order chi connectivity index (χ1) is 14.8. The monoisotopic (exact) mass is 456 g/mol. The van der Waals surface area contributed by atoms with Crippen LogP contribution < -0.4 is 5.32 Å². The fraction of sp³-hybridized carbons (Fsp3) is 0.273. The van der Waals surface area contributed by atoms with E-state index in [-0.39, 0.29) is 11.7 Å².